The predicted octanol–water partition coefficient (Wildman–Crippen LogP) is 2.75. The van der Waals surface area contributed by atoms with Gasteiger partial charge >= 0.3 is 5.97 Å². The molecule has 2 aromatic carbocycles. The van der Waals surface area contributed by atoms with E-state index in [0.717, 1.165) is 11.4 Å². The summed E-state index contributed by atoms with van der Waals surface area (Å²) in [6.45, 7) is -0.567. The number of para-hydroxylation sites is 2. The van der Waals surface area contributed by atoms with Crippen molar-refractivity contribution in [2.24, 2.45) is 0 Å². The molecule has 0 spiro atoms. The van der Waals surface area contributed by atoms with Crippen molar-refractivity contribution in [1.82, 2.24) is 0 Å². The van der Waals surface area contributed by atoms with E-state index in [2.05, 4.69) is 0 Å². The Labute approximate surface area is 174 Å². The molecule has 0 N–H and O–H groups in total. The maximum atomic E-state index is 12.7. The van der Waals surface area contributed by atoms with Gasteiger partial charge in [-0.1, -0.05) is 12.1 Å². The van der Waals surface area contributed by atoms with Gasteiger partial charge in [-0.05, 0) is 24.3 Å². The molecule has 0 unspecified atom stereocenters. The van der Waals surface area contributed by atoms with Crippen LogP contribution in [0.4, 0.5) is 11.4 Å². The highest BCUT2D eigenvalue weighted by atomic mass is 16.5. The average Bonchev–Trinajstić information content (AvgIpc) is 3.03. The summed E-state index contributed by atoms with van der Waals surface area (Å²) in [7, 11) is 6.48. The van der Waals surface area contributed by atoms with E-state index in [1.54, 1.807) is 30.0 Å². The first-order valence-corrected chi connectivity index (χ1v) is 9.05. The number of methoxy groups -OCH3 is 2. The smallest absolute Gasteiger partial charge is 0.338 e. The number of fused-ring (bicyclic) bond motifs is 1. The van der Waals surface area contributed by atoms with Crippen LogP contribution in [0.3, 0.4) is 0 Å². The van der Waals surface area contributed by atoms with E-state index < -0.39 is 18.4 Å². The molecule has 30 heavy (non-hydrogen) atoms. The molecule has 1 aliphatic heterocycles. The first kappa shape index (κ1) is 20.7. The van der Waals surface area contributed by atoms with Crippen LogP contribution in [0.15, 0.2) is 53.9 Å². The second-order valence-electron chi connectivity index (χ2n) is 6.52. The van der Waals surface area contributed by atoms with Gasteiger partial charge in [0.2, 0.25) is 5.78 Å². The molecule has 0 amide bonds. The Balaban J connectivity index is 1.80. The van der Waals surface area contributed by atoms with Crippen LogP contribution in [0.5, 0.6) is 11.5 Å². The molecule has 154 valence electrons. The highest BCUT2D eigenvalue weighted by Gasteiger charge is 2.31. The van der Waals surface area contributed by atoms with E-state index in [1.807, 2.05) is 30.3 Å². The highest BCUT2D eigenvalue weighted by Crippen LogP contribution is 2.40. The van der Waals surface area contributed by atoms with Crippen molar-refractivity contribution in [2.75, 3.05) is 44.7 Å². The zero-order valence-corrected chi connectivity index (χ0v) is 17.1. The van der Waals surface area contributed by atoms with Gasteiger partial charge in [-0.2, -0.15) is 5.26 Å². The van der Waals surface area contributed by atoms with Crippen molar-refractivity contribution < 1.29 is 23.8 Å². The van der Waals surface area contributed by atoms with Gasteiger partial charge in [0.1, 0.15) is 29.0 Å². The largest absolute Gasteiger partial charge is 0.497 e. The van der Waals surface area contributed by atoms with Gasteiger partial charge < -0.3 is 24.0 Å². The summed E-state index contributed by atoms with van der Waals surface area (Å²) in [5, 5.41) is 9.63. The minimum Gasteiger partial charge on any atom is -0.497 e. The first-order valence-electron chi connectivity index (χ1n) is 9.05. The van der Waals surface area contributed by atoms with Crippen LogP contribution < -0.4 is 19.3 Å². The maximum absolute atomic E-state index is 12.7. The van der Waals surface area contributed by atoms with Crippen LogP contribution in [0.1, 0.15) is 10.4 Å². The van der Waals surface area contributed by atoms with Gasteiger partial charge in [-0.15, -0.1) is 0 Å². The second kappa shape index (κ2) is 8.57. The summed E-state index contributed by atoms with van der Waals surface area (Å²) < 4.78 is 15.4. The summed E-state index contributed by atoms with van der Waals surface area (Å²) in [6.07, 6.45) is 0. The highest BCUT2D eigenvalue weighted by molar-refractivity contribution is 6.04. The van der Waals surface area contributed by atoms with Crippen LogP contribution >= 0.6 is 0 Å². The summed E-state index contributed by atoms with van der Waals surface area (Å²) in [5.74, 6) is -0.0527. The lowest BCUT2D eigenvalue weighted by atomic mass is 10.1. The molecule has 0 saturated carbocycles. The van der Waals surface area contributed by atoms with E-state index in [0.29, 0.717) is 17.3 Å². The molecule has 3 rings (SSSR count). The number of anilines is 2. The number of ether oxygens (including phenoxy) is 3. The normalized spacial score (nSPS) is 12.2. The van der Waals surface area contributed by atoms with Gasteiger partial charge in [-0.25, -0.2) is 4.79 Å². The van der Waals surface area contributed by atoms with Gasteiger partial charge in [0.15, 0.2) is 6.61 Å². The van der Waals surface area contributed by atoms with Crippen molar-refractivity contribution in [1.29, 1.82) is 5.26 Å². The number of carbonyl (C=O) groups excluding carboxylic acids is 2. The Morgan fingerprint density at radius 2 is 1.50 bits per heavy atom. The number of ketones is 1. The van der Waals surface area contributed by atoms with E-state index >= 15 is 0 Å². The number of hydrogen-bond acceptors (Lipinski definition) is 8. The lowest BCUT2D eigenvalue weighted by Gasteiger charge is -2.19. The second-order valence-corrected chi connectivity index (χ2v) is 6.52. The maximum Gasteiger partial charge on any atom is 0.338 e. The lowest BCUT2D eigenvalue weighted by Crippen LogP contribution is -2.27. The van der Waals surface area contributed by atoms with E-state index in [1.165, 1.54) is 26.4 Å². The fraction of sp³-hybridized carbons (Fsp3) is 0.227. The van der Waals surface area contributed by atoms with E-state index in [-0.39, 0.29) is 11.1 Å². The Bertz CT molecular complexity index is 1020. The minimum atomic E-state index is -0.723. The zero-order valence-electron chi connectivity index (χ0n) is 17.1. The number of carbonyl (C=O) groups is 2. The number of rotatable bonds is 6. The molecule has 2 aromatic rings. The molecule has 0 fully saturated rings. The van der Waals surface area contributed by atoms with Crippen molar-refractivity contribution in [2.45, 2.75) is 0 Å². The van der Waals surface area contributed by atoms with Crippen molar-refractivity contribution in [3.05, 3.63) is 59.4 Å². The first-order chi connectivity index (χ1) is 14.4. The Kier molecular flexibility index (Phi) is 5.93. The molecule has 0 aliphatic carbocycles. The third-order valence-electron chi connectivity index (χ3n) is 4.78. The molecule has 0 saturated heterocycles. The number of nitriles is 1. The summed E-state index contributed by atoms with van der Waals surface area (Å²) in [5.41, 5.74) is 1.83. The quantitative estimate of drug-likeness (QED) is 0.410. The molecular weight excluding hydrogens is 386 g/mol. The molecule has 0 atom stereocenters. The monoisotopic (exact) mass is 407 g/mol. The number of benzene rings is 2. The average molecular weight is 407 g/mol. The molecule has 0 radical (unpaired) electrons. The number of esters is 1. The summed E-state index contributed by atoms with van der Waals surface area (Å²) in [4.78, 5) is 28.7. The Hall–Kier alpha value is -3.99. The van der Waals surface area contributed by atoms with Gasteiger partial charge in [0.05, 0.1) is 31.2 Å². The Morgan fingerprint density at radius 1 is 0.967 bits per heavy atom. The molecule has 0 bridgehead atoms. The van der Waals surface area contributed by atoms with Crippen molar-refractivity contribution in [3.63, 3.8) is 0 Å². The standard InChI is InChI=1S/C22H21N3O5/c1-24-18-7-5-6-8-19(18)25(2)21(24)17(12-23)20(26)13-30-22(27)14-9-15(28-3)11-16(10-14)29-4/h5-11H,13H2,1-4H3. The third-order valence-corrected chi connectivity index (χ3v) is 4.78. The molecular formula is C22H21N3O5. The van der Waals surface area contributed by atoms with Crippen molar-refractivity contribution >= 4 is 23.1 Å². The van der Waals surface area contributed by atoms with Crippen LogP contribution in [0, 0.1) is 11.3 Å². The molecule has 1 heterocycles. The van der Waals surface area contributed by atoms with Crippen molar-refractivity contribution in [3.8, 4) is 17.6 Å². The van der Waals surface area contributed by atoms with Crippen LogP contribution in [0.2, 0.25) is 0 Å². The zero-order chi connectivity index (χ0) is 21.8. The third kappa shape index (κ3) is 3.78. The number of nitrogens with zero attached hydrogens (tertiary/aromatic N) is 3. The molecule has 8 heteroatoms. The lowest BCUT2D eigenvalue weighted by molar-refractivity contribution is -0.118. The van der Waals surface area contributed by atoms with E-state index in [4.69, 9.17) is 14.2 Å². The SMILES string of the molecule is COc1cc(OC)cc(C(=O)OCC(=O)C(C#N)=C2N(C)c3ccccc3N2C)c1. The van der Waals surface area contributed by atoms with Gasteiger partial charge in [0.25, 0.3) is 0 Å². The number of Topliss-reactive ketones (excluding diaryl/α,β-unsaturated/α-hetero) is 1. The van der Waals surface area contributed by atoms with Crippen LogP contribution in [0.25, 0.3) is 0 Å². The topological polar surface area (TPSA) is 92.1 Å². The fourth-order valence-electron chi connectivity index (χ4n) is 3.27. The molecule has 8 nitrogen and oxygen atoms in total. The molecule has 1 aliphatic rings. The molecule has 0 aromatic heterocycles. The number of hydrogen-bond donors (Lipinski definition) is 0. The van der Waals surface area contributed by atoms with Crippen LogP contribution in [-0.2, 0) is 9.53 Å². The van der Waals surface area contributed by atoms with E-state index in [9.17, 15) is 14.9 Å². The predicted molar refractivity (Wildman–Crippen MR) is 111 cm³/mol. The summed E-state index contributed by atoms with van der Waals surface area (Å²) >= 11 is 0. The Morgan fingerprint density at radius 3 is 1.97 bits per heavy atom. The minimum absolute atomic E-state index is 0.0905. The van der Waals surface area contributed by atoms with Crippen LogP contribution in [-0.4, -0.2) is 46.7 Å². The fourth-order valence-corrected chi connectivity index (χ4v) is 3.27. The van der Waals surface area contributed by atoms with Gasteiger partial charge in [0, 0.05) is 20.2 Å². The summed E-state index contributed by atoms with van der Waals surface area (Å²) in [6, 6.07) is 14.1. The van der Waals surface area contributed by atoms with Gasteiger partial charge in [-0.3, -0.25) is 4.79 Å².